The van der Waals surface area contributed by atoms with Gasteiger partial charge in [-0.15, -0.1) is 11.8 Å². The topological polar surface area (TPSA) is 47.6 Å². The van der Waals surface area contributed by atoms with Crippen molar-refractivity contribution in [2.75, 3.05) is 20.0 Å². The number of halogens is 1. The molecule has 2 aromatic carbocycles. The third-order valence-corrected chi connectivity index (χ3v) is 4.71. The Bertz CT molecular complexity index is 706. The van der Waals surface area contributed by atoms with E-state index in [1.165, 1.54) is 23.9 Å². The first-order valence-corrected chi connectivity index (χ1v) is 8.91. The second kappa shape index (κ2) is 9.32. The maximum atomic E-state index is 12.9. The van der Waals surface area contributed by atoms with Gasteiger partial charge in [-0.3, -0.25) is 4.79 Å². The molecule has 4 nitrogen and oxygen atoms in total. The predicted octanol–water partition coefficient (Wildman–Crippen LogP) is 4.20. The number of amides is 1. The van der Waals surface area contributed by atoms with Crippen LogP contribution in [0.4, 0.5) is 4.39 Å². The van der Waals surface area contributed by atoms with Gasteiger partial charge < -0.3 is 14.8 Å². The van der Waals surface area contributed by atoms with Gasteiger partial charge in [0, 0.05) is 22.6 Å². The standard InChI is InChI=1S/C19H22FNO3S/c1-13(17-12-15(23-2)6-9-18(17)24-3)21-19(22)10-11-25-16-7-4-14(20)5-8-16/h4-9,12-13H,10-11H2,1-3H3,(H,21,22)/t13-/m1/s1. The van der Waals surface area contributed by atoms with Crippen LogP contribution in [0.5, 0.6) is 11.5 Å². The lowest BCUT2D eigenvalue weighted by Gasteiger charge is -2.18. The van der Waals surface area contributed by atoms with Crippen LogP contribution in [0.2, 0.25) is 0 Å². The highest BCUT2D eigenvalue weighted by molar-refractivity contribution is 7.99. The summed E-state index contributed by atoms with van der Waals surface area (Å²) in [6, 6.07) is 11.5. The van der Waals surface area contributed by atoms with Gasteiger partial charge >= 0.3 is 0 Å². The largest absolute Gasteiger partial charge is 0.497 e. The van der Waals surface area contributed by atoms with E-state index in [2.05, 4.69) is 5.32 Å². The summed E-state index contributed by atoms with van der Waals surface area (Å²) in [6.45, 7) is 1.91. The van der Waals surface area contributed by atoms with Crippen molar-refractivity contribution in [2.24, 2.45) is 0 Å². The van der Waals surface area contributed by atoms with E-state index in [-0.39, 0.29) is 17.8 Å². The van der Waals surface area contributed by atoms with Crippen LogP contribution in [-0.4, -0.2) is 25.9 Å². The predicted molar refractivity (Wildman–Crippen MR) is 97.8 cm³/mol. The third kappa shape index (κ3) is 5.67. The molecule has 25 heavy (non-hydrogen) atoms. The average molecular weight is 363 g/mol. The van der Waals surface area contributed by atoms with E-state index in [1.807, 2.05) is 25.1 Å². The number of thioether (sulfide) groups is 1. The first-order chi connectivity index (χ1) is 12.0. The Balaban J connectivity index is 1.88. The second-order valence-electron chi connectivity index (χ2n) is 5.45. The van der Waals surface area contributed by atoms with Crippen molar-refractivity contribution >= 4 is 17.7 Å². The van der Waals surface area contributed by atoms with Crippen molar-refractivity contribution in [3.8, 4) is 11.5 Å². The number of carbonyl (C=O) groups is 1. The average Bonchev–Trinajstić information content (AvgIpc) is 2.62. The maximum Gasteiger partial charge on any atom is 0.221 e. The minimum Gasteiger partial charge on any atom is -0.497 e. The van der Waals surface area contributed by atoms with E-state index in [9.17, 15) is 9.18 Å². The quantitative estimate of drug-likeness (QED) is 0.714. The van der Waals surface area contributed by atoms with Crippen LogP contribution in [0.3, 0.4) is 0 Å². The van der Waals surface area contributed by atoms with Crippen molar-refractivity contribution in [2.45, 2.75) is 24.3 Å². The maximum absolute atomic E-state index is 12.9. The molecule has 0 aliphatic heterocycles. The molecular formula is C19H22FNO3S. The summed E-state index contributed by atoms with van der Waals surface area (Å²) in [7, 11) is 3.20. The van der Waals surface area contributed by atoms with E-state index < -0.39 is 0 Å². The van der Waals surface area contributed by atoms with E-state index in [0.29, 0.717) is 23.7 Å². The molecule has 6 heteroatoms. The third-order valence-electron chi connectivity index (χ3n) is 3.69. The van der Waals surface area contributed by atoms with Crippen LogP contribution in [0.25, 0.3) is 0 Å². The number of hydrogen-bond donors (Lipinski definition) is 1. The molecule has 1 atom stereocenters. The molecular weight excluding hydrogens is 341 g/mol. The molecule has 0 aromatic heterocycles. The fraction of sp³-hybridized carbons (Fsp3) is 0.316. The Morgan fingerprint density at radius 3 is 2.52 bits per heavy atom. The summed E-state index contributed by atoms with van der Waals surface area (Å²) in [5.74, 6) is 1.73. The highest BCUT2D eigenvalue weighted by atomic mass is 32.2. The Hall–Kier alpha value is -2.21. The molecule has 0 heterocycles. The zero-order chi connectivity index (χ0) is 18.2. The fourth-order valence-electron chi connectivity index (χ4n) is 2.36. The van der Waals surface area contributed by atoms with E-state index in [4.69, 9.17) is 9.47 Å². The molecule has 0 fully saturated rings. The zero-order valence-electron chi connectivity index (χ0n) is 14.5. The highest BCUT2D eigenvalue weighted by Crippen LogP contribution is 2.29. The van der Waals surface area contributed by atoms with Crippen molar-refractivity contribution in [3.05, 3.63) is 53.8 Å². The van der Waals surface area contributed by atoms with Crippen molar-refractivity contribution < 1.29 is 18.7 Å². The van der Waals surface area contributed by atoms with Crippen LogP contribution < -0.4 is 14.8 Å². The minimum atomic E-state index is -0.261. The molecule has 1 N–H and O–H groups in total. The van der Waals surface area contributed by atoms with Gasteiger partial charge in [0.25, 0.3) is 0 Å². The molecule has 2 aromatic rings. The van der Waals surface area contributed by atoms with Gasteiger partial charge in [-0.1, -0.05) is 0 Å². The summed E-state index contributed by atoms with van der Waals surface area (Å²) in [5.41, 5.74) is 0.862. The first-order valence-electron chi connectivity index (χ1n) is 7.93. The van der Waals surface area contributed by atoms with Gasteiger partial charge in [0.15, 0.2) is 0 Å². The highest BCUT2D eigenvalue weighted by Gasteiger charge is 2.15. The van der Waals surface area contributed by atoms with Crippen LogP contribution in [0.15, 0.2) is 47.4 Å². The molecule has 2 rings (SSSR count). The van der Waals surface area contributed by atoms with E-state index in [0.717, 1.165) is 10.5 Å². The van der Waals surface area contributed by atoms with Crippen molar-refractivity contribution in [1.82, 2.24) is 5.32 Å². The molecule has 1 amide bonds. The number of ether oxygens (including phenoxy) is 2. The van der Waals surface area contributed by atoms with Crippen molar-refractivity contribution in [1.29, 1.82) is 0 Å². The molecule has 0 saturated carbocycles. The molecule has 0 aliphatic rings. The number of nitrogens with one attached hydrogen (secondary N) is 1. The van der Waals surface area contributed by atoms with Crippen LogP contribution in [-0.2, 0) is 4.79 Å². The summed E-state index contributed by atoms with van der Waals surface area (Å²) >= 11 is 1.52. The van der Waals surface area contributed by atoms with Crippen molar-refractivity contribution in [3.63, 3.8) is 0 Å². The van der Waals surface area contributed by atoms with Crippen LogP contribution in [0.1, 0.15) is 24.9 Å². The zero-order valence-corrected chi connectivity index (χ0v) is 15.4. The monoisotopic (exact) mass is 363 g/mol. The summed E-state index contributed by atoms with van der Waals surface area (Å²) in [5, 5.41) is 2.97. The fourth-order valence-corrected chi connectivity index (χ4v) is 3.21. The lowest BCUT2D eigenvalue weighted by molar-refractivity contribution is -0.121. The summed E-state index contributed by atoms with van der Waals surface area (Å²) in [6.07, 6.45) is 0.374. The van der Waals surface area contributed by atoms with Gasteiger partial charge in [-0.2, -0.15) is 0 Å². The molecule has 134 valence electrons. The van der Waals surface area contributed by atoms with Gasteiger partial charge in [0.05, 0.1) is 20.3 Å². The first kappa shape index (κ1) is 19.1. The summed E-state index contributed by atoms with van der Waals surface area (Å²) in [4.78, 5) is 13.1. The Morgan fingerprint density at radius 1 is 1.16 bits per heavy atom. The Kier molecular flexibility index (Phi) is 7.13. The second-order valence-corrected chi connectivity index (χ2v) is 6.62. The smallest absolute Gasteiger partial charge is 0.221 e. The molecule has 0 bridgehead atoms. The number of methoxy groups -OCH3 is 2. The molecule has 0 radical (unpaired) electrons. The Labute approximate surface area is 151 Å². The van der Waals surface area contributed by atoms with E-state index in [1.54, 1.807) is 26.4 Å². The number of hydrogen-bond acceptors (Lipinski definition) is 4. The van der Waals surface area contributed by atoms with Crippen LogP contribution in [0, 0.1) is 5.82 Å². The van der Waals surface area contributed by atoms with Gasteiger partial charge in [-0.25, -0.2) is 4.39 Å². The SMILES string of the molecule is COc1ccc(OC)c([C@@H](C)NC(=O)CCSc2ccc(F)cc2)c1. The molecule has 0 saturated heterocycles. The minimum absolute atomic E-state index is 0.0491. The number of benzene rings is 2. The molecule has 0 spiro atoms. The van der Waals surface area contributed by atoms with Gasteiger partial charge in [0.2, 0.25) is 5.91 Å². The lowest BCUT2D eigenvalue weighted by Crippen LogP contribution is -2.27. The number of rotatable bonds is 8. The Morgan fingerprint density at radius 2 is 1.88 bits per heavy atom. The lowest BCUT2D eigenvalue weighted by atomic mass is 10.1. The number of carbonyl (C=O) groups excluding carboxylic acids is 1. The van der Waals surface area contributed by atoms with Gasteiger partial charge in [-0.05, 0) is 49.4 Å². The molecule has 0 aliphatic carbocycles. The molecule has 0 unspecified atom stereocenters. The van der Waals surface area contributed by atoms with Gasteiger partial charge in [0.1, 0.15) is 17.3 Å². The normalized spacial score (nSPS) is 11.7. The van der Waals surface area contributed by atoms with Crippen LogP contribution >= 0.6 is 11.8 Å². The van der Waals surface area contributed by atoms with E-state index >= 15 is 0 Å². The summed E-state index contributed by atoms with van der Waals surface area (Å²) < 4.78 is 23.5.